The maximum absolute atomic E-state index is 15.9. The van der Waals surface area contributed by atoms with Crippen molar-refractivity contribution in [2.24, 2.45) is 5.92 Å². The SMILES string of the molecule is Nc1ncnc2c1ncn2[C@@H]1C[C@@H]2COP(=O)(O)O[C@@H]3[C@H](F)[C@H](n4cnc5c(N)ncnc54)O[C@@H]3COP(=O)(O)OC2CC1F. The lowest BCUT2D eigenvalue weighted by Gasteiger charge is -2.39. The van der Waals surface area contributed by atoms with Gasteiger partial charge in [0.1, 0.15) is 42.1 Å². The van der Waals surface area contributed by atoms with Crippen molar-refractivity contribution in [3.8, 4) is 0 Å². The summed E-state index contributed by atoms with van der Waals surface area (Å²) in [5.41, 5.74) is 12.4. The summed E-state index contributed by atoms with van der Waals surface area (Å²) in [6.07, 6.45) is -5.71. The minimum Gasteiger partial charge on any atom is -0.382 e. The van der Waals surface area contributed by atoms with E-state index in [4.69, 9.17) is 34.3 Å². The van der Waals surface area contributed by atoms with Crippen LogP contribution in [0.15, 0.2) is 25.3 Å². The number of alkyl halides is 2. The highest BCUT2D eigenvalue weighted by atomic mass is 31.2. The number of fused-ring (bicyclic) bond motifs is 4. The molecule has 0 aromatic carbocycles. The molecule has 0 spiro atoms. The van der Waals surface area contributed by atoms with E-state index in [0.717, 1.165) is 6.33 Å². The van der Waals surface area contributed by atoms with E-state index in [1.807, 2.05) is 0 Å². The van der Waals surface area contributed by atoms with E-state index in [2.05, 4.69) is 29.9 Å². The Morgan fingerprint density at radius 1 is 0.800 bits per heavy atom. The fraction of sp³-hybridized carbons (Fsp3) is 0.545. The zero-order chi connectivity index (χ0) is 31.7. The van der Waals surface area contributed by atoms with Crippen LogP contribution in [0, 0.1) is 5.92 Å². The number of hydrogen-bond acceptors (Lipinski definition) is 15. The Bertz CT molecular complexity index is 1850. The molecule has 242 valence electrons. The summed E-state index contributed by atoms with van der Waals surface area (Å²) in [6.45, 7) is -1.42. The van der Waals surface area contributed by atoms with E-state index in [1.165, 1.54) is 28.1 Å². The highest BCUT2D eigenvalue weighted by Crippen LogP contribution is 2.54. The van der Waals surface area contributed by atoms with Crippen LogP contribution in [0.3, 0.4) is 0 Å². The molecule has 10 atom stereocenters. The molecule has 7 rings (SSSR count). The van der Waals surface area contributed by atoms with Gasteiger partial charge in [-0.2, -0.15) is 0 Å². The Hall–Kier alpha value is -3.26. The second-order valence-corrected chi connectivity index (χ2v) is 13.5. The number of nitrogens with zero attached hydrogens (tertiary/aromatic N) is 8. The highest BCUT2D eigenvalue weighted by molar-refractivity contribution is 7.47. The first kappa shape index (κ1) is 30.4. The van der Waals surface area contributed by atoms with Crippen LogP contribution >= 0.6 is 15.6 Å². The number of nitrogens with two attached hydrogens (primary N) is 2. The van der Waals surface area contributed by atoms with Gasteiger partial charge in [-0.1, -0.05) is 0 Å². The normalized spacial score (nSPS) is 38.0. The summed E-state index contributed by atoms with van der Waals surface area (Å²) >= 11 is 0. The van der Waals surface area contributed by atoms with Crippen molar-refractivity contribution in [3.05, 3.63) is 25.3 Å². The van der Waals surface area contributed by atoms with Crippen LogP contribution in [0.25, 0.3) is 22.3 Å². The van der Waals surface area contributed by atoms with Crippen LogP contribution < -0.4 is 11.5 Å². The molecule has 0 amide bonds. The third-order valence-electron chi connectivity index (χ3n) is 7.99. The van der Waals surface area contributed by atoms with Crippen molar-refractivity contribution >= 4 is 49.6 Å². The predicted octanol–water partition coefficient (Wildman–Crippen LogP) is 1.37. The monoisotopic (exact) mass is 674 g/mol. The smallest absolute Gasteiger partial charge is 0.382 e. The lowest BCUT2D eigenvalue weighted by atomic mass is 9.82. The number of imidazole rings is 2. The molecule has 6 heterocycles. The van der Waals surface area contributed by atoms with E-state index in [0.29, 0.717) is 0 Å². The minimum absolute atomic E-state index is 0.0164. The zero-order valence-corrected chi connectivity index (χ0v) is 24.7. The third-order valence-corrected chi connectivity index (χ3v) is 9.99. The van der Waals surface area contributed by atoms with Gasteiger partial charge in [-0.25, -0.2) is 47.8 Å². The van der Waals surface area contributed by atoms with Gasteiger partial charge in [0.15, 0.2) is 35.3 Å². The van der Waals surface area contributed by atoms with Crippen LogP contribution in [-0.2, 0) is 32.0 Å². The van der Waals surface area contributed by atoms with Gasteiger partial charge in [0.25, 0.3) is 0 Å². The molecule has 4 aromatic heterocycles. The summed E-state index contributed by atoms with van der Waals surface area (Å²) < 4.78 is 87.0. The summed E-state index contributed by atoms with van der Waals surface area (Å²) in [5, 5.41) is 0. The van der Waals surface area contributed by atoms with Gasteiger partial charge >= 0.3 is 15.6 Å². The standard InChI is InChI=1S/C22H26F2N10O9P2/c23-10-2-12-9(1-11(10)33-7-31-15-18(25)27-5-29-20(15)33)3-39-45(37,38)43-17-13(4-40-44(35,36)42-12)41-22(14(17)24)34-8-32-16-19(26)28-6-30-21(16)34/h5-14,17,22H,1-4H2,(H,35,36)(H,37,38)(H2,25,27,29)(H2,26,28,30)/t9-,10?,11-,12?,13-,14+,17+,22-/m1/s1. The lowest BCUT2D eigenvalue weighted by molar-refractivity contribution is -0.0625. The molecule has 3 aliphatic rings. The highest BCUT2D eigenvalue weighted by Gasteiger charge is 2.52. The van der Waals surface area contributed by atoms with Crippen LogP contribution in [0.2, 0.25) is 0 Å². The van der Waals surface area contributed by atoms with Crippen molar-refractivity contribution in [2.45, 2.75) is 55.8 Å². The molecule has 4 unspecified atom stereocenters. The number of rotatable bonds is 2. The minimum atomic E-state index is -5.02. The third kappa shape index (κ3) is 5.57. The lowest BCUT2D eigenvalue weighted by Crippen LogP contribution is -2.41. The van der Waals surface area contributed by atoms with Gasteiger partial charge in [0, 0.05) is 12.3 Å². The van der Waals surface area contributed by atoms with Crippen LogP contribution in [-0.4, -0.2) is 92.7 Å². The molecule has 2 saturated heterocycles. The number of aromatic nitrogens is 8. The molecule has 0 radical (unpaired) electrons. The summed E-state index contributed by atoms with van der Waals surface area (Å²) in [6, 6.07) is -0.949. The van der Waals surface area contributed by atoms with Crippen molar-refractivity contribution < 1.29 is 50.5 Å². The first-order chi connectivity index (χ1) is 21.4. The van der Waals surface area contributed by atoms with Gasteiger partial charge in [-0.15, -0.1) is 0 Å². The molecule has 1 aliphatic carbocycles. The topological polar surface area (TPSA) is 260 Å². The van der Waals surface area contributed by atoms with E-state index in [-0.39, 0.29) is 40.4 Å². The molecular formula is C22H26F2N10O9P2. The molecule has 6 N–H and O–H groups in total. The maximum atomic E-state index is 15.9. The van der Waals surface area contributed by atoms with Crippen molar-refractivity contribution in [1.82, 2.24) is 39.0 Å². The zero-order valence-electron chi connectivity index (χ0n) is 22.9. The van der Waals surface area contributed by atoms with Gasteiger partial charge in [-0.3, -0.25) is 22.7 Å². The van der Waals surface area contributed by atoms with Gasteiger partial charge in [0.2, 0.25) is 0 Å². The average molecular weight is 674 g/mol. The molecule has 3 fully saturated rings. The number of halogens is 2. The Morgan fingerprint density at radius 3 is 2.09 bits per heavy atom. The number of nitrogen functional groups attached to an aromatic ring is 2. The Labute approximate surface area is 251 Å². The van der Waals surface area contributed by atoms with Gasteiger partial charge in [-0.05, 0) is 6.42 Å². The number of hydrogen-bond donors (Lipinski definition) is 4. The fourth-order valence-corrected chi connectivity index (χ4v) is 7.86. The fourth-order valence-electron chi connectivity index (χ4n) is 5.86. The second-order valence-electron chi connectivity index (χ2n) is 10.7. The number of phosphoric ester groups is 2. The number of anilines is 2. The molecule has 2 aliphatic heterocycles. The Balaban J connectivity index is 1.16. The summed E-state index contributed by atoms with van der Waals surface area (Å²) in [4.78, 5) is 45.3. The van der Waals surface area contributed by atoms with Gasteiger partial charge in [0.05, 0.1) is 38.0 Å². The largest absolute Gasteiger partial charge is 0.472 e. The molecular weight excluding hydrogens is 648 g/mol. The van der Waals surface area contributed by atoms with Crippen molar-refractivity contribution in [2.75, 3.05) is 24.7 Å². The van der Waals surface area contributed by atoms with E-state index in [9.17, 15) is 18.9 Å². The molecule has 45 heavy (non-hydrogen) atoms. The van der Waals surface area contributed by atoms with E-state index in [1.54, 1.807) is 0 Å². The molecule has 19 nitrogen and oxygen atoms in total. The van der Waals surface area contributed by atoms with Crippen molar-refractivity contribution in [3.63, 3.8) is 0 Å². The Morgan fingerprint density at radius 2 is 1.40 bits per heavy atom. The van der Waals surface area contributed by atoms with Gasteiger partial charge < -0.3 is 30.6 Å². The van der Waals surface area contributed by atoms with Crippen LogP contribution in [0.4, 0.5) is 20.4 Å². The summed E-state index contributed by atoms with van der Waals surface area (Å²) in [5.74, 6) is -0.848. The molecule has 4 aromatic rings. The maximum Gasteiger partial charge on any atom is 0.472 e. The van der Waals surface area contributed by atoms with Crippen LogP contribution in [0.1, 0.15) is 25.1 Å². The first-order valence-electron chi connectivity index (χ1n) is 13.5. The molecule has 1 saturated carbocycles. The first-order valence-corrected chi connectivity index (χ1v) is 16.5. The predicted molar refractivity (Wildman–Crippen MR) is 146 cm³/mol. The average Bonchev–Trinajstić information content (AvgIpc) is 3.68. The molecule has 23 heteroatoms. The number of phosphoric acid groups is 2. The Kier molecular flexibility index (Phi) is 7.58. The summed E-state index contributed by atoms with van der Waals surface area (Å²) in [7, 11) is -9.96. The van der Waals surface area contributed by atoms with Crippen molar-refractivity contribution in [1.29, 1.82) is 0 Å². The van der Waals surface area contributed by atoms with E-state index >= 15 is 8.78 Å². The molecule has 0 bridgehead atoms. The quantitative estimate of drug-likeness (QED) is 0.219. The second kappa shape index (κ2) is 11.2. The van der Waals surface area contributed by atoms with E-state index < -0.39 is 84.1 Å². The number of ether oxygens (including phenoxy) is 1. The van der Waals surface area contributed by atoms with Crippen LogP contribution in [0.5, 0.6) is 0 Å².